The molecular formula is C11H13NO2. The lowest BCUT2D eigenvalue weighted by molar-refractivity contribution is -0.120. The number of phenolic OH excluding ortho intramolecular Hbond substituents is 1. The number of hydrogen-bond donors (Lipinski definition) is 2. The largest absolute Gasteiger partial charge is 0.508 e. The molecule has 1 amide bonds. The summed E-state index contributed by atoms with van der Waals surface area (Å²) in [6, 6.07) is 7.14. The average molecular weight is 191 g/mol. The molecule has 0 radical (unpaired) electrons. The highest BCUT2D eigenvalue weighted by Gasteiger charge is 2.22. The third-order valence-corrected chi connectivity index (χ3v) is 2.24. The first kappa shape index (κ1) is 9.06. The van der Waals surface area contributed by atoms with Gasteiger partial charge in [-0.2, -0.15) is 0 Å². The minimum atomic E-state index is 0.0678. The molecule has 74 valence electrons. The van der Waals surface area contributed by atoms with Gasteiger partial charge in [-0.1, -0.05) is 12.1 Å². The Hall–Kier alpha value is -1.51. The van der Waals surface area contributed by atoms with Gasteiger partial charge in [-0.15, -0.1) is 0 Å². The molecular weight excluding hydrogens is 178 g/mol. The van der Waals surface area contributed by atoms with Crippen LogP contribution < -0.4 is 5.32 Å². The third-order valence-electron chi connectivity index (χ3n) is 2.24. The molecule has 3 heteroatoms. The van der Waals surface area contributed by atoms with E-state index >= 15 is 0 Å². The van der Waals surface area contributed by atoms with Crippen molar-refractivity contribution in [3.8, 4) is 5.75 Å². The predicted octanol–water partition coefficient (Wildman–Crippen LogP) is 1.21. The molecule has 2 N–H and O–H groups in total. The molecule has 1 aliphatic carbocycles. The number of phenols is 1. The zero-order chi connectivity index (χ0) is 9.97. The van der Waals surface area contributed by atoms with Crippen LogP contribution in [0.15, 0.2) is 24.3 Å². The molecule has 1 fully saturated rings. The summed E-state index contributed by atoms with van der Waals surface area (Å²) in [5.74, 6) is 0.301. The van der Waals surface area contributed by atoms with E-state index in [0.717, 1.165) is 18.4 Å². The average Bonchev–Trinajstić information content (AvgIpc) is 2.93. The molecule has 0 bridgehead atoms. The Kier molecular flexibility index (Phi) is 2.39. The maximum absolute atomic E-state index is 11.4. The van der Waals surface area contributed by atoms with Crippen LogP contribution in [0.2, 0.25) is 0 Å². The van der Waals surface area contributed by atoms with E-state index in [1.54, 1.807) is 24.3 Å². The highest BCUT2D eigenvalue weighted by Crippen LogP contribution is 2.18. The van der Waals surface area contributed by atoms with Crippen LogP contribution in [-0.4, -0.2) is 17.1 Å². The summed E-state index contributed by atoms with van der Waals surface area (Å²) in [7, 11) is 0. The fourth-order valence-electron chi connectivity index (χ4n) is 1.31. The van der Waals surface area contributed by atoms with Gasteiger partial charge in [-0.05, 0) is 30.5 Å². The van der Waals surface area contributed by atoms with Crippen LogP contribution in [0, 0.1) is 0 Å². The number of aromatic hydroxyl groups is 1. The van der Waals surface area contributed by atoms with Gasteiger partial charge in [0.25, 0.3) is 0 Å². The topological polar surface area (TPSA) is 49.3 Å². The molecule has 0 atom stereocenters. The van der Waals surface area contributed by atoms with Crippen molar-refractivity contribution in [1.29, 1.82) is 0 Å². The number of nitrogens with one attached hydrogen (secondary N) is 1. The van der Waals surface area contributed by atoms with Crippen molar-refractivity contribution in [2.24, 2.45) is 0 Å². The van der Waals surface area contributed by atoms with Crippen LogP contribution >= 0.6 is 0 Å². The molecule has 0 spiro atoms. The number of carbonyl (C=O) groups is 1. The maximum atomic E-state index is 11.4. The summed E-state index contributed by atoms with van der Waals surface area (Å²) in [6.45, 7) is 0. The molecule has 0 heterocycles. The lowest BCUT2D eigenvalue weighted by Gasteiger charge is -2.03. The van der Waals surface area contributed by atoms with Gasteiger partial charge in [0.05, 0.1) is 6.42 Å². The fourth-order valence-corrected chi connectivity index (χ4v) is 1.31. The van der Waals surface area contributed by atoms with Crippen LogP contribution in [0.1, 0.15) is 18.4 Å². The number of carbonyl (C=O) groups excluding carboxylic acids is 1. The summed E-state index contributed by atoms with van der Waals surface area (Å²) in [6.07, 6.45) is 2.62. The lowest BCUT2D eigenvalue weighted by Crippen LogP contribution is -2.26. The van der Waals surface area contributed by atoms with Crippen LogP contribution in [0.4, 0.5) is 0 Å². The van der Waals surface area contributed by atoms with Crippen molar-refractivity contribution in [2.45, 2.75) is 25.3 Å². The van der Waals surface area contributed by atoms with Crippen LogP contribution in [0.25, 0.3) is 0 Å². The zero-order valence-electron chi connectivity index (χ0n) is 7.86. The van der Waals surface area contributed by atoms with Gasteiger partial charge < -0.3 is 10.4 Å². The lowest BCUT2D eigenvalue weighted by atomic mass is 10.1. The van der Waals surface area contributed by atoms with Crippen molar-refractivity contribution in [1.82, 2.24) is 5.32 Å². The van der Waals surface area contributed by atoms with Crippen LogP contribution in [-0.2, 0) is 11.2 Å². The second-order valence-corrected chi connectivity index (χ2v) is 3.69. The van der Waals surface area contributed by atoms with Crippen molar-refractivity contribution >= 4 is 5.91 Å². The molecule has 1 aromatic rings. The monoisotopic (exact) mass is 191 g/mol. The van der Waals surface area contributed by atoms with Crippen LogP contribution in [0.3, 0.4) is 0 Å². The Morgan fingerprint density at radius 3 is 2.57 bits per heavy atom. The van der Waals surface area contributed by atoms with Crippen molar-refractivity contribution in [2.75, 3.05) is 0 Å². The van der Waals surface area contributed by atoms with Crippen molar-refractivity contribution in [3.05, 3.63) is 29.8 Å². The minimum Gasteiger partial charge on any atom is -0.508 e. The number of hydrogen-bond acceptors (Lipinski definition) is 2. The Balaban J connectivity index is 1.89. The molecule has 1 saturated carbocycles. The SMILES string of the molecule is O=C(Cc1ccc(O)cc1)NC1CC1. The highest BCUT2D eigenvalue weighted by atomic mass is 16.3. The van der Waals surface area contributed by atoms with E-state index in [0.29, 0.717) is 12.5 Å². The summed E-state index contributed by atoms with van der Waals surface area (Å²) in [5.41, 5.74) is 0.931. The van der Waals surface area contributed by atoms with Crippen molar-refractivity contribution < 1.29 is 9.90 Å². The standard InChI is InChI=1S/C11H13NO2/c13-10-5-1-8(2-6-10)7-11(14)12-9-3-4-9/h1-2,5-6,9,13H,3-4,7H2,(H,12,14). The van der Waals surface area contributed by atoms with Gasteiger partial charge in [0, 0.05) is 6.04 Å². The van der Waals surface area contributed by atoms with E-state index in [2.05, 4.69) is 5.32 Å². The highest BCUT2D eigenvalue weighted by molar-refractivity contribution is 5.79. The summed E-state index contributed by atoms with van der Waals surface area (Å²) in [4.78, 5) is 11.4. The van der Waals surface area contributed by atoms with E-state index in [4.69, 9.17) is 5.11 Å². The second-order valence-electron chi connectivity index (χ2n) is 3.69. The first-order valence-corrected chi connectivity index (χ1v) is 4.81. The molecule has 2 rings (SSSR count). The van der Waals surface area contributed by atoms with E-state index < -0.39 is 0 Å². The van der Waals surface area contributed by atoms with E-state index in [1.165, 1.54) is 0 Å². The Morgan fingerprint density at radius 1 is 1.36 bits per heavy atom. The van der Waals surface area contributed by atoms with Gasteiger partial charge in [-0.3, -0.25) is 4.79 Å². The van der Waals surface area contributed by atoms with Gasteiger partial charge in [0.15, 0.2) is 0 Å². The molecule has 0 aliphatic heterocycles. The number of rotatable bonds is 3. The first-order chi connectivity index (χ1) is 6.74. The Labute approximate surface area is 82.8 Å². The molecule has 1 aromatic carbocycles. The fraction of sp³-hybridized carbons (Fsp3) is 0.364. The van der Waals surface area contributed by atoms with E-state index in [-0.39, 0.29) is 11.7 Å². The molecule has 14 heavy (non-hydrogen) atoms. The van der Waals surface area contributed by atoms with Crippen LogP contribution in [0.5, 0.6) is 5.75 Å². The molecule has 3 nitrogen and oxygen atoms in total. The van der Waals surface area contributed by atoms with Gasteiger partial charge in [-0.25, -0.2) is 0 Å². The van der Waals surface area contributed by atoms with Crippen molar-refractivity contribution in [3.63, 3.8) is 0 Å². The van der Waals surface area contributed by atoms with E-state index in [9.17, 15) is 4.79 Å². The van der Waals surface area contributed by atoms with E-state index in [1.807, 2.05) is 0 Å². The second kappa shape index (κ2) is 3.70. The zero-order valence-corrected chi connectivity index (χ0v) is 7.86. The molecule has 0 aromatic heterocycles. The summed E-state index contributed by atoms with van der Waals surface area (Å²) >= 11 is 0. The smallest absolute Gasteiger partial charge is 0.224 e. The predicted molar refractivity (Wildman–Crippen MR) is 53.0 cm³/mol. The minimum absolute atomic E-state index is 0.0678. The molecule has 0 saturated heterocycles. The number of benzene rings is 1. The summed E-state index contributed by atoms with van der Waals surface area (Å²) < 4.78 is 0. The van der Waals surface area contributed by atoms with Gasteiger partial charge >= 0.3 is 0 Å². The summed E-state index contributed by atoms with van der Waals surface area (Å²) in [5, 5.41) is 12.0. The first-order valence-electron chi connectivity index (χ1n) is 4.81. The van der Waals surface area contributed by atoms with Gasteiger partial charge in [0.2, 0.25) is 5.91 Å². The Bertz CT molecular complexity index is 328. The quantitative estimate of drug-likeness (QED) is 0.754. The maximum Gasteiger partial charge on any atom is 0.224 e. The normalized spacial score (nSPS) is 15.1. The molecule has 1 aliphatic rings. The van der Waals surface area contributed by atoms with Gasteiger partial charge in [0.1, 0.15) is 5.75 Å². The number of amides is 1. The Morgan fingerprint density at radius 2 is 2.00 bits per heavy atom. The molecule has 0 unspecified atom stereocenters. The third kappa shape index (κ3) is 2.49.